The van der Waals surface area contributed by atoms with Crippen LogP contribution in [-0.2, 0) is 4.79 Å². The highest BCUT2D eigenvalue weighted by Crippen LogP contribution is 2.18. The number of piperazine rings is 1. The third-order valence-corrected chi connectivity index (χ3v) is 5.29. The Hall–Kier alpha value is -1.83. The maximum atomic E-state index is 12.5. The van der Waals surface area contributed by atoms with E-state index in [-0.39, 0.29) is 30.3 Å². The molecule has 28 heavy (non-hydrogen) atoms. The summed E-state index contributed by atoms with van der Waals surface area (Å²) in [6.45, 7) is 8.83. The van der Waals surface area contributed by atoms with Crippen molar-refractivity contribution in [2.24, 2.45) is 5.92 Å². The molecule has 8 heteroatoms. The molecular formula is C20H32ClN5O2. The van der Waals surface area contributed by atoms with Gasteiger partial charge in [-0.2, -0.15) is 0 Å². The maximum Gasteiger partial charge on any atom is 0.321 e. The van der Waals surface area contributed by atoms with E-state index in [1.807, 2.05) is 31.2 Å². The monoisotopic (exact) mass is 409 g/mol. The molecule has 0 spiro atoms. The minimum Gasteiger partial charge on any atom is -0.355 e. The van der Waals surface area contributed by atoms with Gasteiger partial charge in [0.15, 0.2) is 0 Å². The van der Waals surface area contributed by atoms with Crippen molar-refractivity contribution in [1.82, 2.24) is 20.4 Å². The Balaban J connectivity index is 0.00000280. The number of amides is 3. The van der Waals surface area contributed by atoms with Crippen LogP contribution >= 0.6 is 12.4 Å². The number of likely N-dealkylation sites (tertiary alicyclic amines) is 1. The third-order valence-electron chi connectivity index (χ3n) is 5.29. The van der Waals surface area contributed by atoms with Crippen molar-refractivity contribution >= 4 is 30.0 Å². The lowest BCUT2D eigenvalue weighted by molar-refractivity contribution is -0.126. The summed E-state index contributed by atoms with van der Waals surface area (Å²) >= 11 is 0. The van der Waals surface area contributed by atoms with Crippen LogP contribution in [-0.4, -0.2) is 74.1 Å². The summed E-state index contributed by atoms with van der Waals surface area (Å²) in [5.74, 6) is -0.0526. The van der Waals surface area contributed by atoms with Gasteiger partial charge in [-0.1, -0.05) is 12.1 Å². The van der Waals surface area contributed by atoms with Gasteiger partial charge >= 0.3 is 6.03 Å². The van der Waals surface area contributed by atoms with Gasteiger partial charge in [0.25, 0.3) is 0 Å². The lowest BCUT2D eigenvalue weighted by atomic mass is 9.97. The Kier molecular flexibility index (Phi) is 9.02. The molecule has 2 heterocycles. The van der Waals surface area contributed by atoms with E-state index in [0.29, 0.717) is 19.6 Å². The van der Waals surface area contributed by atoms with Crippen LogP contribution in [0.4, 0.5) is 10.5 Å². The van der Waals surface area contributed by atoms with Gasteiger partial charge in [-0.25, -0.2) is 4.79 Å². The molecule has 0 bridgehead atoms. The number of aryl methyl sites for hydroxylation is 1. The minimum atomic E-state index is -0.126. The first-order valence-corrected chi connectivity index (χ1v) is 9.95. The second-order valence-electron chi connectivity index (χ2n) is 7.47. The average molecular weight is 410 g/mol. The second kappa shape index (κ2) is 11.2. The van der Waals surface area contributed by atoms with E-state index < -0.39 is 0 Å². The van der Waals surface area contributed by atoms with Crippen LogP contribution in [0, 0.1) is 12.8 Å². The molecule has 2 saturated heterocycles. The second-order valence-corrected chi connectivity index (χ2v) is 7.47. The summed E-state index contributed by atoms with van der Waals surface area (Å²) in [7, 11) is 0. The molecule has 156 valence electrons. The summed E-state index contributed by atoms with van der Waals surface area (Å²) < 4.78 is 0. The minimum absolute atomic E-state index is 0. The van der Waals surface area contributed by atoms with Crippen molar-refractivity contribution in [1.29, 1.82) is 0 Å². The Morgan fingerprint density at radius 3 is 2.75 bits per heavy atom. The molecule has 0 radical (unpaired) electrons. The van der Waals surface area contributed by atoms with E-state index in [0.717, 1.165) is 56.8 Å². The molecule has 2 aliphatic heterocycles. The number of hydrogen-bond donors (Lipinski definition) is 3. The van der Waals surface area contributed by atoms with Crippen LogP contribution in [0.2, 0.25) is 0 Å². The van der Waals surface area contributed by atoms with Gasteiger partial charge in [-0.15, -0.1) is 12.4 Å². The molecule has 0 aromatic heterocycles. The fourth-order valence-electron chi connectivity index (χ4n) is 3.72. The predicted molar refractivity (Wildman–Crippen MR) is 114 cm³/mol. The largest absolute Gasteiger partial charge is 0.355 e. The molecule has 2 fully saturated rings. The van der Waals surface area contributed by atoms with Crippen molar-refractivity contribution in [2.45, 2.75) is 19.8 Å². The summed E-state index contributed by atoms with van der Waals surface area (Å²) in [6, 6.07) is 7.63. The van der Waals surface area contributed by atoms with Gasteiger partial charge in [0.05, 0.1) is 5.92 Å². The first kappa shape index (κ1) is 22.5. The number of nitrogens with one attached hydrogen (secondary N) is 3. The molecule has 1 aromatic rings. The maximum absolute atomic E-state index is 12.5. The molecule has 3 N–H and O–H groups in total. The number of carbonyl (C=O) groups excluding carboxylic acids is 2. The standard InChI is InChI=1S/C20H31N5O2.ClH/c1-16-4-2-6-18(14-16)23-20(27)25-10-3-5-17(15-25)19(26)22-9-13-24-11-7-21-8-12-24;/h2,4,6,14,17,21H,3,5,7-13,15H2,1H3,(H,22,26)(H,23,27);1H. The molecule has 1 unspecified atom stereocenters. The van der Waals surface area contributed by atoms with Crippen molar-refractivity contribution < 1.29 is 9.59 Å². The van der Waals surface area contributed by atoms with Crippen molar-refractivity contribution in [3.05, 3.63) is 29.8 Å². The van der Waals surface area contributed by atoms with Crippen LogP contribution in [0.25, 0.3) is 0 Å². The van der Waals surface area contributed by atoms with Crippen LogP contribution in [0.5, 0.6) is 0 Å². The smallest absolute Gasteiger partial charge is 0.321 e. The zero-order chi connectivity index (χ0) is 19.1. The number of anilines is 1. The lowest BCUT2D eigenvalue weighted by Gasteiger charge is -2.32. The van der Waals surface area contributed by atoms with Gasteiger partial charge in [-0.05, 0) is 37.5 Å². The first-order chi connectivity index (χ1) is 13.1. The van der Waals surface area contributed by atoms with Gasteiger partial charge in [0.1, 0.15) is 0 Å². The summed E-state index contributed by atoms with van der Waals surface area (Å²) in [4.78, 5) is 29.2. The first-order valence-electron chi connectivity index (χ1n) is 9.95. The van der Waals surface area contributed by atoms with E-state index in [4.69, 9.17) is 0 Å². The number of piperidine rings is 1. The van der Waals surface area contributed by atoms with Gasteiger partial charge in [0.2, 0.25) is 5.91 Å². The number of carbonyl (C=O) groups is 2. The van der Waals surface area contributed by atoms with Crippen LogP contribution in [0.3, 0.4) is 0 Å². The van der Waals surface area contributed by atoms with E-state index in [1.54, 1.807) is 4.90 Å². The third kappa shape index (κ3) is 6.65. The molecule has 1 aromatic carbocycles. The van der Waals surface area contributed by atoms with Crippen molar-refractivity contribution in [3.8, 4) is 0 Å². The zero-order valence-corrected chi connectivity index (χ0v) is 17.4. The predicted octanol–water partition coefficient (Wildman–Crippen LogP) is 1.68. The Morgan fingerprint density at radius 2 is 2.00 bits per heavy atom. The van der Waals surface area contributed by atoms with Crippen molar-refractivity contribution in [2.75, 3.05) is 57.7 Å². The highest BCUT2D eigenvalue weighted by Gasteiger charge is 2.28. The molecular weight excluding hydrogens is 378 g/mol. The quantitative estimate of drug-likeness (QED) is 0.691. The number of nitrogens with zero attached hydrogens (tertiary/aromatic N) is 2. The summed E-state index contributed by atoms with van der Waals surface area (Å²) in [5, 5.41) is 9.33. The highest BCUT2D eigenvalue weighted by molar-refractivity contribution is 5.90. The number of halogens is 1. The highest BCUT2D eigenvalue weighted by atomic mass is 35.5. The number of hydrogen-bond acceptors (Lipinski definition) is 4. The molecule has 3 rings (SSSR count). The van der Waals surface area contributed by atoms with E-state index in [9.17, 15) is 9.59 Å². The molecule has 0 saturated carbocycles. The molecule has 7 nitrogen and oxygen atoms in total. The SMILES string of the molecule is Cc1cccc(NC(=O)N2CCCC(C(=O)NCCN3CCNCC3)C2)c1.Cl. The van der Waals surface area contributed by atoms with E-state index in [2.05, 4.69) is 20.9 Å². The lowest BCUT2D eigenvalue weighted by Crippen LogP contribution is -2.49. The van der Waals surface area contributed by atoms with Crippen LogP contribution in [0.1, 0.15) is 18.4 Å². The average Bonchev–Trinajstić information content (AvgIpc) is 2.69. The Labute approximate surface area is 173 Å². The number of urea groups is 1. The topological polar surface area (TPSA) is 76.7 Å². The summed E-state index contributed by atoms with van der Waals surface area (Å²) in [6.07, 6.45) is 1.70. The fraction of sp³-hybridized carbons (Fsp3) is 0.600. The molecule has 3 amide bonds. The van der Waals surface area contributed by atoms with E-state index in [1.165, 1.54) is 0 Å². The van der Waals surface area contributed by atoms with Gasteiger partial charge in [-0.3, -0.25) is 9.69 Å². The van der Waals surface area contributed by atoms with Crippen molar-refractivity contribution in [3.63, 3.8) is 0 Å². The van der Waals surface area contributed by atoms with Gasteiger partial charge < -0.3 is 20.9 Å². The van der Waals surface area contributed by atoms with Gasteiger partial charge in [0, 0.05) is 58.0 Å². The normalized spacial score (nSPS) is 20.2. The zero-order valence-electron chi connectivity index (χ0n) is 16.6. The van der Waals surface area contributed by atoms with E-state index >= 15 is 0 Å². The number of rotatable bonds is 5. The van der Waals surface area contributed by atoms with Crippen LogP contribution < -0.4 is 16.0 Å². The fourth-order valence-corrected chi connectivity index (χ4v) is 3.72. The Bertz CT molecular complexity index is 651. The van der Waals surface area contributed by atoms with Crippen LogP contribution in [0.15, 0.2) is 24.3 Å². The Morgan fingerprint density at radius 1 is 1.21 bits per heavy atom. The summed E-state index contributed by atoms with van der Waals surface area (Å²) in [5.41, 5.74) is 1.90. The molecule has 2 aliphatic rings. The molecule has 1 atom stereocenters. The molecule has 0 aliphatic carbocycles. The number of benzene rings is 1.